The molecule has 0 radical (unpaired) electrons. The van der Waals surface area contributed by atoms with Crippen LogP contribution in [0, 0.1) is 0 Å². The Labute approximate surface area is 137 Å². The molecule has 1 aromatic heterocycles. The van der Waals surface area contributed by atoms with Gasteiger partial charge in [0.2, 0.25) is 5.95 Å². The van der Waals surface area contributed by atoms with Crippen molar-refractivity contribution in [2.45, 2.75) is 52.1 Å². The van der Waals surface area contributed by atoms with E-state index in [9.17, 15) is 4.79 Å². The van der Waals surface area contributed by atoms with Crippen LogP contribution >= 0.6 is 0 Å². The summed E-state index contributed by atoms with van der Waals surface area (Å²) in [5, 5.41) is 14.6. The molecule has 1 amide bonds. The van der Waals surface area contributed by atoms with Crippen molar-refractivity contribution in [1.29, 1.82) is 0 Å². The van der Waals surface area contributed by atoms with Gasteiger partial charge >= 0.3 is 6.09 Å². The van der Waals surface area contributed by atoms with Crippen LogP contribution in [0.5, 0.6) is 0 Å². The molecule has 23 heavy (non-hydrogen) atoms. The summed E-state index contributed by atoms with van der Waals surface area (Å²) in [5.74, 6) is 1.20. The van der Waals surface area contributed by atoms with E-state index in [2.05, 4.69) is 46.6 Å². The fourth-order valence-electron chi connectivity index (χ4n) is 2.41. The minimum Gasteiger partial charge on any atom is -0.450 e. The molecule has 2 rings (SSSR count). The van der Waals surface area contributed by atoms with Crippen molar-refractivity contribution in [2.75, 3.05) is 30.3 Å². The molecule has 2 N–H and O–H groups in total. The number of piperidine rings is 1. The minimum absolute atomic E-state index is 0.0850. The number of hydrogen-bond donors (Lipinski definition) is 2. The van der Waals surface area contributed by atoms with Gasteiger partial charge in [-0.25, -0.2) is 4.79 Å². The summed E-state index contributed by atoms with van der Waals surface area (Å²) in [6.45, 7) is 9.75. The zero-order chi connectivity index (χ0) is 16.9. The second-order valence-corrected chi connectivity index (χ2v) is 6.64. The number of hydrogen-bond acceptors (Lipinski definition) is 7. The maximum Gasteiger partial charge on any atom is 0.409 e. The molecule has 0 bridgehead atoms. The monoisotopic (exact) mass is 322 g/mol. The van der Waals surface area contributed by atoms with E-state index in [0.29, 0.717) is 31.5 Å². The average Bonchev–Trinajstić information content (AvgIpc) is 2.47. The number of aromatic nitrogens is 3. The summed E-state index contributed by atoms with van der Waals surface area (Å²) in [6.07, 6.45) is 3.04. The van der Waals surface area contributed by atoms with Crippen molar-refractivity contribution in [3.63, 3.8) is 0 Å². The second-order valence-electron chi connectivity index (χ2n) is 6.64. The molecule has 8 nitrogen and oxygen atoms in total. The predicted molar refractivity (Wildman–Crippen MR) is 88.4 cm³/mol. The zero-order valence-corrected chi connectivity index (χ0v) is 14.3. The third-order valence-electron chi connectivity index (χ3n) is 3.42. The molecule has 0 aromatic carbocycles. The summed E-state index contributed by atoms with van der Waals surface area (Å²) >= 11 is 0. The van der Waals surface area contributed by atoms with E-state index in [1.165, 1.54) is 0 Å². The molecule has 0 aliphatic carbocycles. The van der Waals surface area contributed by atoms with Crippen molar-refractivity contribution in [3.05, 3.63) is 6.20 Å². The van der Waals surface area contributed by atoms with E-state index < -0.39 is 0 Å². The standard InChI is InChI=1S/C15H26N6O2/c1-5-23-14(22)21-8-6-11(7-9-21)17-13-18-12(10-16-20-13)19-15(2,3)4/h10-11H,5-9H2,1-4H3,(H2,17,18,19,20). The van der Waals surface area contributed by atoms with Crippen LogP contribution in [0.4, 0.5) is 16.6 Å². The molecule has 1 saturated heterocycles. The third-order valence-corrected chi connectivity index (χ3v) is 3.42. The summed E-state index contributed by atoms with van der Waals surface area (Å²) < 4.78 is 5.02. The lowest BCUT2D eigenvalue weighted by Crippen LogP contribution is -2.42. The van der Waals surface area contributed by atoms with E-state index >= 15 is 0 Å². The molecule has 2 heterocycles. The van der Waals surface area contributed by atoms with E-state index in [1.54, 1.807) is 11.1 Å². The van der Waals surface area contributed by atoms with Crippen LogP contribution in [0.3, 0.4) is 0 Å². The van der Waals surface area contributed by atoms with Crippen molar-refractivity contribution in [3.8, 4) is 0 Å². The Bertz CT molecular complexity index is 523. The maximum absolute atomic E-state index is 11.7. The first-order chi connectivity index (χ1) is 10.9. The van der Waals surface area contributed by atoms with Crippen molar-refractivity contribution in [2.24, 2.45) is 0 Å². The highest BCUT2D eigenvalue weighted by Crippen LogP contribution is 2.16. The Hall–Kier alpha value is -2.12. The largest absolute Gasteiger partial charge is 0.450 e. The second kappa shape index (κ2) is 7.43. The van der Waals surface area contributed by atoms with Crippen molar-refractivity contribution >= 4 is 17.9 Å². The van der Waals surface area contributed by atoms with E-state index in [-0.39, 0.29) is 17.7 Å². The van der Waals surface area contributed by atoms with Crippen LogP contribution in [0.15, 0.2) is 6.20 Å². The lowest BCUT2D eigenvalue weighted by atomic mass is 10.1. The van der Waals surface area contributed by atoms with Crippen LogP contribution in [0.1, 0.15) is 40.5 Å². The SMILES string of the molecule is CCOC(=O)N1CCC(Nc2nncc(NC(C)(C)C)n2)CC1. The van der Waals surface area contributed by atoms with Crippen molar-refractivity contribution < 1.29 is 9.53 Å². The number of nitrogens with zero attached hydrogens (tertiary/aromatic N) is 4. The molecular weight excluding hydrogens is 296 g/mol. The first-order valence-electron chi connectivity index (χ1n) is 8.03. The smallest absolute Gasteiger partial charge is 0.409 e. The highest BCUT2D eigenvalue weighted by molar-refractivity contribution is 5.67. The fraction of sp³-hybridized carbons (Fsp3) is 0.733. The number of amides is 1. The topological polar surface area (TPSA) is 92.3 Å². The molecule has 1 aliphatic rings. The van der Waals surface area contributed by atoms with E-state index in [1.807, 2.05) is 6.92 Å². The van der Waals surface area contributed by atoms with Gasteiger partial charge in [-0.1, -0.05) is 0 Å². The van der Waals surface area contributed by atoms with E-state index in [0.717, 1.165) is 12.8 Å². The Morgan fingerprint density at radius 2 is 2.09 bits per heavy atom. The minimum atomic E-state index is -0.236. The van der Waals surface area contributed by atoms with Crippen molar-refractivity contribution in [1.82, 2.24) is 20.1 Å². The molecule has 0 saturated carbocycles. The third kappa shape index (κ3) is 5.54. The van der Waals surface area contributed by atoms with E-state index in [4.69, 9.17) is 4.74 Å². The van der Waals surface area contributed by atoms with Gasteiger partial charge in [-0.05, 0) is 40.5 Å². The summed E-state index contributed by atoms with van der Waals surface area (Å²) in [4.78, 5) is 17.9. The number of nitrogens with one attached hydrogen (secondary N) is 2. The number of likely N-dealkylation sites (tertiary alicyclic amines) is 1. The van der Waals surface area contributed by atoms with Gasteiger partial charge in [-0.15, -0.1) is 5.10 Å². The molecule has 128 valence electrons. The van der Waals surface area contributed by atoms with Crippen LogP contribution in [0.2, 0.25) is 0 Å². The van der Waals surface area contributed by atoms with Crippen LogP contribution in [-0.2, 0) is 4.74 Å². The van der Waals surface area contributed by atoms with Crippen LogP contribution in [0.25, 0.3) is 0 Å². The number of rotatable bonds is 4. The van der Waals surface area contributed by atoms with Gasteiger partial charge in [-0.2, -0.15) is 10.1 Å². The molecule has 1 aliphatic heterocycles. The van der Waals surface area contributed by atoms with Gasteiger partial charge in [0, 0.05) is 24.7 Å². The molecule has 1 fully saturated rings. The first-order valence-corrected chi connectivity index (χ1v) is 8.03. The predicted octanol–water partition coefficient (Wildman–Crippen LogP) is 2.11. The molecule has 8 heteroatoms. The van der Waals surface area contributed by atoms with Crippen LogP contribution in [-0.4, -0.2) is 57.5 Å². The highest BCUT2D eigenvalue weighted by Gasteiger charge is 2.24. The average molecular weight is 322 g/mol. The number of carbonyl (C=O) groups excluding carboxylic acids is 1. The number of ether oxygens (including phenoxy) is 1. The Morgan fingerprint density at radius 1 is 1.39 bits per heavy atom. The summed E-state index contributed by atoms with van der Waals surface area (Å²) in [6, 6.07) is 0.229. The van der Waals surface area contributed by atoms with Gasteiger partial charge in [0.05, 0.1) is 12.8 Å². The Kier molecular flexibility index (Phi) is 5.57. The molecule has 1 aromatic rings. The highest BCUT2D eigenvalue weighted by atomic mass is 16.6. The van der Waals surface area contributed by atoms with Gasteiger partial charge in [0.15, 0.2) is 5.82 Å². The number of carbonyl (C=O) groups is 1. The summed E-state index contributed by atoms with van der Waals surface area (Å²) in [7, 11) is 0. The normalized spacial score (nSPS) is 16.1. The van der Waals surface area contributed by atoms with Gasteiger partial charge in [-0.3, -0.25) is 0 Å². The summed E-state index contributed by atoms with van der Waals surface area (Å²) in [5.41, 5.74) is -0.0850. The lowest BCUT2D eigenvalue weighted by molar-refractivity contribution is 0.0983. The quantitative estimate of drug-likeness (QED) is 0.877. The molecular formula is C15H26N6O2. The van der Waals surface area contributed by atoms with Crippen LogP contribution < -0.4 is 10.6 Å². The fourth-order valence-corrected chi connectivity index (χ4v) is 2.41. The molecule has 0 unspecified atom stereocenters. The molecule has 0 atom stereocenters. The Morgan fingerprint density at radius 3 is 2.70 bits per heavy atom. The number of anilines is 2. The van der Waals surface area contributed by atoms with Gasteiger partial charge in [0.25, 0.3) is 0 Å². The molecule has 0 spiro atoms. The lowest BCUT2D eigenvalue weighted by Gasteiger charge is -2.31. The van der Waals surface area contributed by atoms with Gasteiger partial charge in [0.1, 0.15) is 0 Å². The Balaban J connectivity index is 1.87. The zero-order valence-electron chi connectivity index (χ0n) is 14.3. The van der Waals surface area contributed by atoms with Gasteiger partial charge < -0.3 is 20.3 Å². The maximum atomic E-state index is 11.7. The first kappa shape index (κ1) is 17.2.